The van der Waals surface area contributed by atoms with Gasteiger partial charge >= 0.3 is 0 Å². The molecule has 20 heavy (non-hydrogen) atoms. The highest BCUT2D eigenvalue weighted by Gasteiger charge is 2.11. The number of carbonyl (C=O) groups is 1. The van der Waals surface area contributed by atoms with E-state index < -0.39 is 0 Å². The van der Waals surface area contributed by atoms with Crippen LogP contribution in [0.5, 0.6) is 0 Å². The first-order valence-corrected chi connectivity index (χ1v) is 7.74. The minimum Gasteiger partial charge on any atom is -0.398 e. The van der Waals surface area contributed by atoms with Gasteiger partial charge < -0.3 is 5.73 Å². The highest BCUT2D eigenvalue weighted by Crippen LogP contribution is 2.25. The summed E-state index contributed by atoms with van der Waals surface area (Å²) in [4.78, 5) is 11.5. The lowest BCUT2D eigenvalue weighted by molar-refractivity contribution is -0.124. The van der Waals surface area contributed by atoms with Crippen LogP contribution < -0.4 is 10.9 Å². The Morgan fingerprint density at radius 1 is 1.45 bits per heavy atom. The van der Waals surface area contributed by atoms with E-state index in [0.717, 1.165) is 35.0 Å². The smallest absolute Gasteiger partial charge is 0.229 e. The minimum atomic E-state index is -0.0835. The first-order valence-electron chi connectivity index (χ1n) is 5.65. The molecule has 0 fully saturated rings. The number of rotatable bonds is 6. The van der Waals surface area contributed by atoms with Crippen molar-refractivity contribution >= 4 is 47.1 Å². The number of hydrogen-bond acceptors (Lipinski definition) is 5. The van der Waals surface area contributed by atoms with E-state index in [9.17, 15) is 4.79 Å². The summed E-state index contributed by atoms with van der Waals surface area (Å²) in [5, 5.41) is 7.01. The summed E-state index contributed by atoms with van der Waals surface area (Å²) in [6.45, 7) is 5.51. The molecule has 0 unspecified atom stereocenters. The number of nitrogens with zero attached hydrogens (tertiary/aromatic N) is 1. The third-order valence-corrected chi connectivity index (χ3v) is 3.77. The Labute approximate surface area is 132 Å². The van der Waals surface area contributed by atoms with Crippen LogP contribution in [0.3, 0.4) is 0 Å². The predicted molar refractivity (Wildman–Crippen MR) is 89.2 cm³/mol. The van der Waals surface area contributed by atoms with Gasteiger partial charge in [0.15, 0.2) is 0 Å². The van der Waals surface area contributed by atoms with E-state index in [2.05, 4.69) is 6.58 Å². The molecule has 108 valence electrons. The van der Waals surface area contributed by atoms with E-state index >= 15 is 0 Å². The van der Waals surface area contributed by atoms with Gasteiger partial charge in [-0.1, -0.05) is 54.4 Å². The van der Waals surface area contributed by atoms with Crippen LogP contribution in [0, 0.1) is 0 Å². The second-order valence-electron chi connectivity index (χ2n) is 3.91. The van der Waals surface area contributed by atoms with Crippen LogP contribution in [-0.4, -0.2) is 10.2 Å². The summed E-state index contributed by atoms with van der Waals surface area (Å²) in [5.41, 5.74) is 8.30. The van der Waals surface area contributed by atoms with E-state index in [1.807, 2.05) is 24.3 Å². The van der Waals surface area contributed by atoms with Crippen molar-refractivity contribution in [1.29, 1.82) is 0 Å². The van der Waals surface area contributed by atoms with Gasteiger partial charge in [0, 0.05) is 30.0 Å². The maximum Gasteiger partial charge on any atom is 0.229 e. The predicted octanol–water partition coefficient (Wildman–Crippen LogP) is 3.26. The van der Waals surface area contributed by atoms with Crippen molar-refractivity contribution in [1.82, 2.24) is 4.31 Å². The molecule has 0 saturated heterocycles. The molecule has 0 bridgehead atoms. The van der Waals surface area contributed by atoms with Crippen LogP contribution >= 0.6 is 35.5 Å². The molecule has 0 aliphatic heterocycles. The highest BCUT2D eigenvalue weighted by atomic mass is 35.5. The number of hydrogen-bond donors (Lipinski definition) is 2. The maximum atomic E-state index is 11.5. The molecule has 1 aromatic rings. The molecule has 0 aromatic heterocycles. The summed E-state index contributed by atoms with van der Waals surface area (Å²) in [6.07, 6.45) is 0. The van der Waals surface area contributed by atoms with E-state index in [0.29, 0.717) is 16.6 Å². The Kier molecular flexibility index (Phi) is 7.01. The first-order chi connectivity index (χ1) is 9.43. The fourth-order valence-corrected chi connectivity index (χ4v) is 2.55. The molecule has 1 rings (SSSR count). The zero-order valence-corrected chi connectivity index (χ0v) is 13.4. The minimum absolute atomic E-state index is 0.0835. The summed E-state index contributed by atoms with van der Waals surface area (Å²) in [7, 11) is 0. The zero-order valence-electron chi connectivity index (χ0n) is 11.0. The fourth-order valence-electron chi connectivity index (χ4n) is 1.44. The molecule has 7 heteroatoms. The lowest BCUT2D eigenvalue weighted by Gasteiger charge is -2.18. The number of carbonyl (C=O) groups excluding carboxylic acids is 1. The standard InChI is InChI=1S/C13H16ClN3OS2/c1-9(14)20-17(10(2)18)7-11-3-5-12(6-4-11)13(15)8-19-16/h3-6,8H,1,7,15-16H2,2H3/b13-8-. The van der Waals surface area contributed by atoms with Gasteiger partial charge in [0.25, 0.3) is 0 Å². The molecule has 0 aliphatic rings. The molecule has 0 atom stereocenters. The number of nitrogens with two attached hydrogens (primary N) is 2. The van der Waals surface area contributed by atoms with Crippen molar-refractivity contribution in [2.24, 2.45) is 10.9 Å². The van der Waals surface area contributed by atoms with Crippen LogP contribution in [0.25, 0.3) is 5.70 Å². The van der Waals surface area contributed by atoms with E-state index in [4.69, 9.17) is 22.5 Å². The van der Waals surface area contributed by atoms with Crippen molar-refractivity contribution in [3.63, 3.8) is 0 Å². The molecule has 0 saturated carbocycles. The molecule has 0 aliphatic carbocycles. The molecule has 0 heterocycles. The van der Waals surface area contributed by atoms with Gasteiger partial charge in [0.2, 0.25) is 5.91 Å². The first kappa shape index (κ1) is 17.0. The average Bonchev–Trinajstić information content (AvgIpc) is 2.38. The van der Waals surface area contributed by atoms with Crippen molar-refractivity contribution in [2.45, 2.75) is 13.5 Å². The van der Waals surface area contributed by atoms with Crippen LogP contribution in [0.2, 0.25) is 0 Å². The quantitative estimate of drug-likeness (QED) is 0.784. The van der Waals surface area contributed by atoms with Gasteiger partial charge in [-0.05, 0) is 11.1 Å². The topological polar surface area (TPSA) is 72.3 Å². The number of halogens is 1. The lowest BCUT2D eigenvalue weighted by Crippen LogP contribution is -2.20. The van der Waals surface area contributed by atoms with Gasteiger partial charge in [-0.25, -0.2) is 0 Å². The molecule has 1 amide bonds. The Balaban J connectivity index is 2.80. The molecule has 0 radical (unpaired) electrons. The van der Waals surface area contributed by atoms with Crippen LogP contribution in [0.4, 0.5) is 0 Å². The highest BCUT2D eigenvalue weighted by molar-refractivity contribution is 8.02. The normalized spacial score (nSPS) is 11.2. The number of benzene rings is 1. The van der Waals surface area contributed by atoms with Crippen molar-refractivity contribution < 1.29 is 4.79 Å². The molecule has 0 spiro atoms. The Bertz CT molecular complexity index is 517. The summed E-state index contributed by atoms with van der Waals surface area (Å²) in [5.74, 6) is -0.0835. The fraction of sp³-hybridized carbons (Fsp3) is 0.154. The molecular formula is C13H16ClN3OS2. The average molecular weight is 330 g/mol. The van der Waals surface area contributed by atoms with E-state index in [1.165, 1.54) is 6.92 Å². The van der Waals surface area contributed by atoms with Crippen LogP contribution in [0.1, 0.15) is 18.1 Å². The molecule has 4 nitrogen and oxygen atoms in total. The zero-order chi connectivity index (χ0) is 15.1. The maximum absolute atomic E-state index is 11.5. The molecule has 4 N–H and O–H groups in total. The second-order valence-corrected chi connectivity index (χ2v) is 6.21. The second kappa shape index (κ2) is 8.26. The molecule has 1 aromatic carbocycles. The van der Waals surface area contributed by atoms with Crippen molar-refractivity contribution in [3.05, 3.63) is 51.7 Å². The largest absolute Gasteiger partial charge is 0.398 e. The molecular weight excluding hydrogens is 314 g/mol. The summed E-state index contributed by atoms with van der Waals surface area (Å²) >= 11 is 7.90. The third-order valence-electron chi connectivity index (χ3n) is 2.37. The lowest BCUT2D eigenvalue weighted by atomic mass is 10.1. The van der Waals surface area contributed by atoms with Crippen molar-refractivity contribution in [3.8, 4) is 0 Å². The Morgan fingerprint density at radius 3 is 2.50 bits per heavy atom. The Morgan fingerprint density at radius 2 is 2.05 bits per heavy atom. The summed E-state index contributed by atoms with van der Waals surface area (Å²) in [6, 6.07) is 7.58. The van der Waals surface area contributed by atoms with Gasteiger partial charge in [-0.15, -0.1) is 0 Å². The van der Waals surface area contributed by atoms with E-state index in [1.54, 1.807) is 9.71 Å². The van der Waals surface area contributed by atoms with Gasteiger partial charge in [0.05, 0.1) is 10.9 Å². The monoisotopic (exact) mass is 329 g/mol. The van der Waals surface area contributed by atoms with Gasteiger partial charge in [-0.2, -0.15) is 0 Å². The Hall–Kier alpha value is -1.08. The van der Waals surface area contributed by atoms with Crippen LogP contribution in [-0.2, 0) is 11.3 Å². The van der Waals surface area contributed by atoms with Gasteiger partial charge in [-0.3, -0.25) is 14.2 Å². The van der Waals surface area contributed by atoms with E-state index in [-0.39, 0.29) is 5.91 Å². The van der Waals surface area contributed by atoms with Crippen molar-refractivity contribution in [2.75, 3.05) is 0 Å². The number of amides is 1. The van der Waals surface area contributed by atoms with Gasteiger partial charge in [0.1, 0.15) is 0 Å². The summed E-state index contributed by atoms with van der Waals surface area (Å²) < 4.78 is 1.89. The van der Waals surface area contributed by atoms with Crippen LogP contribution in [0.15, 0.2) is 40.6 Å². The third kappa shape index (κ3) is 5.50. The SMILES string of the molecule is C=C(Cl)SN(Cc1ccc(/C(N)=C/SN)cc1)C(C)=O.